The quantitative estimate of drug-likeness (QED) is 0.532. The first-order chi connectivity index (χ1) is 10.2. The van der Waals surface area contributed by atoms with Gasteiger partial charge in [0.1, 0.15) is 0 Å². The van der Waals surface area contributed by atoms with Gasteiger partial charge in [0.25, 0.3) is 5.69 Å². The van der Waals surface area contributed by atoms with Crippen LogP contribution in [0.4, 0.5) is 5.69 Å². The van der Waals surface area contributed by atoms with E-state index in [1.54, 1.807) is 12.1 Å². The molecule has 0 atom stereocenters. The van der Waals surface area contributed by atoms with E-state index in [1.165, 1.54) is 6.07 Å². The molecule has 1 aromatic carbocycles. The molecule has 0 bridgehead atoms. The fraction of sp³-hybridized carbons (Fsp3) is 0.286. The second kappa shape index (κ2) is 5.35. The second-order valence-electron chi connectivity index (χ2n) is 4.84. The molecule has 108 valence electrons. The lowest BCUT2D eigenvalue weighted by atomic mass is 10.2. The van der Waals surface area contributed by atoms with E-state index in [0.29, 0.717) is 6.54 Å². The van der Waals surface area contributed by atoms with E-state index in [-0.39, 0.29) is 10.6 Å². The first-order valence-corrected chi connectivity index (χ1v) is 6.79. The predicted octanol–water partition coefficient (Wildman–Crippen LogP) is 2.40. The maximum atomic E-state index is 10.8. The number of benzene rings is 1. The maximum Gasteiger partial charge on any atom is 0.270 e. The second-order valence-corrected chi connectivity index (χ2v) is 4.84. The van der Waals surface area contributed by atoms with E-state index < -0.39 is 0 Å². The highest BCUT2D eigenvalue weighted by Crippen LogP contribution is 2.21. The van der Waals surface area contributed by atoms with Crippen molar-refractivity contribution in [2.24, 2.45) is 0 Å². The Hall–Kier alpha value is -2.70. The zero-order chi connectivity index (χ0) is 14.8. The lowest BCUT2D eigenvalue weighted by Crippen LogP contribution is -2.07. The molecule has 2 aromatic heterocycles. The lowest BCUT2D eigenvalue weighted by Gasteiger charge is -2.05. The number of non-ortho nitro benzene ring substituents is 1. The highest BCUT2D eigenvalue weighted by Gasteiger charge is 2.08. The Morgan fingerprint density at radius 2 is 2.14 bits per heavy atom. The third-order valence-electron chi connectivity index (χ3n) is 3.48. The van der Waals surface area contributed by atoms with Crippen molar-refractivity contribution >= 4 is 16.6 Å². The van der Waals surface area contributed by atoms with Crippen LogP contribution < -0.4 is 0 Å². The smallest absolute Gasteiger partial charge is 0.270 e. The van der Waals surface area contributed by atoms with Gasteiger partial charge < -0.3 is 4.57 Å². The first-order valence-electron chi connectivity index (χ1n) is 6.79. The van der Waals surface area contributed by atoms with Crippen LogP contribution in [0.1, 0.15) is 12.6 Å². The van der Waals surface area contributed by atoms with Crippen LogP contribution in [0.2, 0.25) is 0 Å². The molecule has 2 heterocycles. The van der Waals surface area contributed by atoms with Gasteiger partial charge in [-0.25, -0.2) is 0 Å². The monoisotopic (exact) mass is 285 g/mol. The summed E-state index contributed by atoms with van der Waals surface area (Å²) in [5.41, 5.74) is 2.07. The Balaban J connectivity index is 1.79. The Morgan fingerprint density at radius 1 is 1.29 bits per heavy atom. The van der Waals surface area contributed by atoms with E-state index in [0.717, 1.165) is 29.6 Å². The highest BCUT2D eigenvalue weighted by molar-refractivity contribution is 5.82. The van der Waals surface area contributed by atoms with Gasteiger partial charge in [-0.2, -0.15) is 0 Å². The molecule has 0 unspecified atom stereocenters. The van der Waals surface area contributed by atoms with Gasteiger partial charge >= 0.3 is 0 Å². The summed E-state index contributed by atoms with van der Waals surface area (Å²) in [5, 5.41) is 19.8. The first kappa shape index (κ1) is 13.3. The minimum atomic E-state index is -0.377. The minimum absolute atomic E-state index is 0.115. The molecule has 3 aromatic rings. The Kier molecular flexibility index (Phi) is 3.39. The van der Waals surface area contributed by atoms with E-state index in [4.69, 9.17) is 0 Å². The van der Waals surface area contributed by atoms with Crippen LogP contribution in [0.25, 0.3) is 10.9 Å². The van der Waals surface area contributed by atoms with Gasteiger partial charge in [0.15, 0.2) is 0 Å². The standard InChI is InChI=1S/C14H15N5O2/c1-2-12-10-18(16-15-12)8-7-17-6-5-11-9-13(19(20)21)3-4-14(11)17/h3-6,9-10H,2,7-8H2,1H3. The Bertz CT molecular complexity index is 790. The number of aryl methyl sites for hydroxylation is 3. The van der Waals surface area contributed by atoms with Gasteiger partial charge in [-0.3, -0.25) is 14.8 Å². The van der Waals surface area contributed by atoms with Crippen LogP contribution in [-0.4, -0.2) is 24.5 Å². The fourth-order valence-corrected chi connectivity index (χ4v) is 2.32. The molecule has 0 N–H and O–H groups in total. The van der Waals surface area contributed by atoms with Crippen molar-refractivity contribution in [3.63, 3.8) is 0 Å². The normalized spacial score (nSPS) is 11.1. The van der Waals surface area contributed by atoms with Crippen molar-refractivity contribution in [2.45, 2.75) is 26.4 Å². The van der Waals surface area contributed by atoms with Crippen molar-refractivity contribution in [1.29, 1.82) is 0 Å². The number of hydrogen-bond acceptors (Lipinski definition) is 4. The summed E-state index contributed by atoms with van der Waals surface area (Å²) in [6.45, 7) is 3.50. The van der Waals surface area contributed by atoms with Crippen molar-refractivity contribution in [3.05, 3.63) is 52.5 Å². The van der Waals surface area contributed by atoms with Gasteiger partial charge in [0.05, 0.1) is 17.2 Å². The number of hydrogen-bond donors (Lipinski definition) is 0. The number of fused-ring (bicyclic) bond motifs is 1. The van der Waals surface area contributed by atoms with Crippen LogP contribution >= 0.6 is 0 Å². The van der Waals surface area contributed by atoms with Gasteiger partial charge in [-0.05, 0) is 18.6 Å². The topological polar surface area (TPSA) is 78.8 Å². The zero-order valence-electron chi connectivity index (χ0n) is 11.6. The van der Waals surface area contributed by atoms with Gasteiger partial charge in [0, 0.05) is 42.0 Å². The van der Waals surface area contributed by atoms with Crippen molar-refractivity contribution in [1.82, 2.24) is 19.6 Å². The lowest BCUT2D eigenvalue weighted by molar-refractivity contribution is -0.384. The summed E-state index contributed by atoms with van der Waals surface area (Å²) in [5.74, 6) is 0. The minimum Gasteiger partial charge on any atom is -0.346 e. The third-order valence-corrected chi connectivity index (χ3v) is 3.48. The Labute approximate surface area is 120 Å². The van der Waals surface area contributed by atoms with Crippen LogP contribution in [0.3, 0.4) is 0 Å². The van der Waals surface area contributed by atoms with E-state index >= 15 is 0 Å². The summed E-state index contributed by atoms with van der Waals surface area (Å²) in [6.07, 6.45) is 4.75. The molecule has 0 aliphatic rings. The average molecular weight is 285 g/mol. The number of nitrogens with zero attached hydrogens (tertiary/aromatic N) is 5. The summed E-state index contributed by atoms with van der Waals surface area (Å²) in [6, 6.07) is 6.80. The van der Waals surface area contributed by atoms with Crippen LogP contribution in [0.15, 0.2) is 36.7 Å². The number of nitro benzene ring substituents is 1. The molecular weight excluding hydrogens is 270 g/mol. The average Bonchev–Trinajstić information content (AvgIpc) is 3.11. The molecular formula is C14H15N5O2. The van der Waals surface area contributed by atoms with E-state index in [9.17, 15) is 10.1 Å². The van der Waals surface area contributed by atoms with Crippen LogP contribution in [0, 0.1) is 10.1 Å². The highest BCUT2D eigenvalue weighted by atomic mass is 16.6. The molecule has 7 nitrogen and oxygen atoms in total. The largest absolute Gasteiger partial charge is 0.346 e. The molecule has 0 amide bonds. The van der Waals surface area contributed by atoms with Crippen LogP contribution in [-0.2, 0) is 19.5 Å². The van der Waals surface area contributed by atoms with Gasteiger partial charge in [-0.1, -0.05) is 12.1 Å². The third kappa shape index (κ3) is 2.62. The molecule has 7 heteroatoms. The van der Waals surface area contributed by atoms with Crippen LogP contribution in [0.5, 0.6) is 0 Å². The number of nitro groups is 1. The molecule has 0 aliphatic heterocycles. The molecule has 0 aliphatic carbocycles. The number of rotatable bonds is 5. The molecule has 0 spiro atoms. The maximum absolute atomic E-state index is 10.8. The summed E-state index contributed by atoms with van der Waals surface area (Å²) in [7, 11) is 0. The SMILES string of the molecule is CCc1cn(CCn2ccc3cc([N+](=O)[O-])ccc32)nn1. The molecule has 3 rings (SSSR count). The summed E-state index contributed by atoms with van der Waals surface area (Å²) >= 11 is 0. The fourth-order valence-electron chi connectivity index (χ4n) is 2.32. The molecule has 0 saturated heterocycles. The molecule has 21 heavy (non-hydrogen) atoms. The molecule has 0 saturated carbocycles. The summed E-state index contributed by atoms with van der Waals surface area (Å²) < 4.78 is 3.88. The predicted molar refractivity (Wildman–Crippen MR) is 78.0 cm³/mol. The van der Waals surface area contributed by atoms with Gasteiger partial charge in [0.2, 0.25) is 0 Å². The zero-order valence-corrected chi connectivity index (χ0v) is 11.6. The molecule has 0 fully saturated rings. The molecule has 0 radical (unpaired) electrons. The Morgan fingerprint density at radius 3 is 2.86 bits per heavy atom. The van der Waals surface area contributed by atoms with E-state index in [1.807, 2.05) is 30.1 Å². The summed E-state index contributed by atoms with van der Waals surface area (Å²) in [4.78, 5) is 10.4. The van der Waals surface area contributed by atoms with Gasteiger partial charge in [-0.15, -0.1) is 5.10 Å². The van der Waals surface area contributed by atoms with Crippen molar-refractivity contribution < 1.29 is 4.92 Å². The van der Waals surface area contributed by atoms with Crippen molar-refractivity contribution in [2.75, 3.05) is 0 Å². The number of aromatic nitrogens is 4. The van der Waals surface area contributed by atoms with Crippen molar-refractivity contribution in [3.8, 4) is 0 Å². The van der Waals surface area contributed by atoms with E-state index in [2.05, 4.69) is 14.9 Å².